The lowest BCUT2D eigenvalue weighted by Gasteiger charge is -2.30. The van der Waals surface area contributed by atoms with E-state index in [9.17, 15) is 5.11 Å². The third kappa shape index (κ3) is 9.13. The van der Waals surface area contributed by atoms with Crippen molar-refractivity contribution in [1.82, 2.24) is 10.2 Å². The fourth-order valence-electron chi connectivity index (χ4n) is 1.77. The summed E-state index contributed by atoms with van der Waals surface area (Å²) in [7, 11) is 2.08. The molecule has 98 valence electrons. The third-order valence-electron chi connectivity index (χ3n) is 2.65. The molecular formula is C13H30N2O. The van der Waals surface area contributed by atoms with Crippen LogP contribution >= 0.6 is 0 Å². The van der Waals surface area contributed by atoms with Crippen molar-refractivity contribution >= 4 is 0 Å². The molecule has 0 saturated carbocycles. The first-order valence-electron chi connectivity index (χ1n) is 6.51. The van der Waals surface area contributed by atoms with Crippen LogP contribution in [-0.2, 0) is 0 Å². The zero-order valence-electron chi connectivity index (χ0n) is 11.7. The maximum absolute atomic E-state index is 10.2. The van der Waals surface area contributed by atoms with Crippen LogP contribution in [0.1, 0.15) is 47.0 Å². The molecule has 0 aliphatic carbocycles. The molecule has 1 unspecified atom stereocenters. The van der Waals surface area contributed by atoms with Crippen molar-refractivity contribution in [2.45, 2.75) is 58.6 Å². The summed E-state index contributed by atoms with van der Waals surface area (Å²) < 4.78 is 0. The van der Waals surface area contributed by atoms with Gasteiger partial charge in [-0.05, 0) is 26.9 Å². The van der Waals surface area contributed by atoms with E-state index < -0.39 is 5.60 Å². The van der Waals surface area contributed by atoms with Gasteiger partial charge in [0.1, 0.15) is 0 Å². The minimum Gasteiger partial charge on any atom is -0.388 e. The summed E-state index contributed by atoms with van der Waals surface area (Å²) in [5.74, 6) is 0. The van der Waals surface area contributed by atoms with E-state index in [2.05, 4.69) is 38.0 Å². The maximum atomic E-state index is 10.2. The van der Waals surface area contributed by atoms with Crippen molar-refractivity contribution in [3.05, 3.63) is 0 Å². The van der Waals surface area contributed by atoms with Crippen molar-refractivity contribution in [1.29, 1.82) is 0 Å². The Labute approximate surface area is 101 Å². The highest BCUT2D eigenvalue weighted by Gasteiger charge is 2.22. The number of aliphatic hydroxyl groups is 1. The molecule has 3 nitrogen and oxygen atoms in total. The molecule has 0 aromatic carbocycles. The van der Waals surface area contributed by atoms with E-state index in [4.69, 9.17) is 0 Å². The normalized spacial score (nSPS) is 15.8. The van der Waals surface area contributed by atoms with E-state index in [-0.39, 0.29) is 0 Å². The monoisotopic (exact) mass is 230 g/mol. The van der Waals surface area contributed by atoms with E-state index in [1.165, 1.54) is 19.3 Å². The van der Waals surface area contributed by atoms with Crippen molar-refractivity contribution < 1.29 is 5.11 Å². The van der Waals surface area contributed by atoms with Crippen LogP contribution in [-0.4, -0.2) is 48.3 Å². The van der Waals surface area contributed by atoms with Gasteiger partial charge in [-0.2, -0.15) is 0 Å². The molecule has 0 aliphatic rings. The first kappa shape index (κ1) is 15.9. The van der Waals surface area contributed by atoms with Crippen LogP contribution in [0, 0.1) is 0 Å². The molecule has 1 atom stereocenters. The SMILES string of the molecule is CCCCCN(C)CC(C)(O)CNC(C)C. The lowest BCUT2D eigenvalue weighted by atomic mass is 10.1. The topological polar surface area (TPSA) is 35.5 Å². The zero-order valence-corrected chi connectivity index (χ0v) is 11.7. The minimum atomic E-state index is -0.634. The highest BCUT2D eigenvalue weighted by atomic mass is 16.3. The molecule has 0 spiro atoms. The van der Waals surface area contributed by atoms with Gasteiger partial charge < -0.3 is 15.3 Å². The fraction of sp³-hybridized carbons (Fsp3) is 1.00. The van der Waals surface area contributed by atoms with Crippen LogP contribution in [0.25, 0.3) is 0 Å². The van der Waals surface area contributed by atoms with Crippen molar-refractivity contribution in [2.24, 2.45) is 0 Å². The quantitative estimate of drug-likeness (QED) is 0.594. The van der Waals surface area contributed by atoms with Crippen LogP contribution < -0.4 is 5.32 Å². The van der Waals surface area contributed by atoms with E-state index in [0.29, 0.717) is 12.6 Å². The Hall–Kier alpha value is -0.120. The predicted octanol–water partition coefficient (Wildman–Crippen LogP) is 1.86. The Balaban J connectivity index is 3.76. The molecule has 0 rings (SSSR count). The summed E-state index contributed by atoms with van der Waals surface area (Å²) >= 11 is 0. The second-order valence-corrected chi connectivity index (χ2v) is 5.48. The van der Waals surface area contributed by atoms with Gasteiger partial charge in [0.15, 0.2) is 0 Å². The average Bonchev–Trinajstić information content (AvgIpc) is 2.15. The summed E-state index contributed by atoms with van der Waals surface area (Å²) in [6, 6.07) is 0.428. The van der Waals surface area contributed by atoms with Gasteiger partial charge in [0.05, 0.1) is 5.60 Å². The summed E-state index contributed by atoms with van der Waals surface area (Å²) in [6.45, 7) is 10.8. The third-order valence-corrected chi connectivity index (χ3v) is 2.65. The second kappa shape index (κ2) is 8.04. The zero-order chi connectivity index (χ0) is 12.6. The fourth-order valence-corrected chi connectivity index (χ4v) is 1.77. The largest absolute Gasteiger partial charge is 0.388 e. The van der Waals surface area contributed by atoms with Crippen molar-refractivity contribution in [3.63, 3.8) is 0 Å². The Morgan fingerprint density at radius 2 is 1.94 bits per heavy atom. The molecule has 0 aromatic rings. The van der Waals surface area contributed by atoms with Gasteiger partial charge in [0.25, 0.3) is 0 Å². The number of unbranched alkanes of at least 4 members (excludes halogenated alkanes) is 2. The van der Waals surface area contributed by atoms with Crippen LogP contribution in [0.2, 0.25) is 0 Å². The number of nitrogens with zero attached hydrogens (tertiary/aromatic N) is 1. The number of likely N-dealkylation sites (N-methyl/N-ethyl adjacent to an activating group) is 1. The molecule has 0 fully saturated rings. The van der Waals surface area contributed by atoms with Crippen molar-refractivity contribution in [3.8, 4) is 0 Å². The van der Waals surface area contributed by atoms with Gasteiger partial charge in [-0.25, -0.2) is 0 Å². The molecule has 0 bridgehead atoms. The second-order valence-electron chi connectivity index (χ2n) is 5.48. The summed E-state index contributed by atoms with van der Waals surface area (Å²) in [6.07, 6.45) is 3.75. The summed E-state index contributed by atoms with van der Waals surface area (Å²) in [5.41, 5.74) is -0.634. The molecular weight excluding hydrogens is 200 g/mol. The minimum absolute atomic E-state index is 0.428. The van der Waals surface area contributed by atoms with Gasteiger partial charge >= 0.3 is 0 Å². The van der Waals surface area contributed by atoms with Gasteiger partial charge in [-0.15, -0.1) is 0 Å². The highest BCUT2D eigenvalue weighted by molar-refractivity contribution is 4.79. The molecule has 2 N–H and O–H groups in total. The molecule has 0 amide bonds. The van der Waals surface area contributed by atoms with Crippen LogP contribution in [0.5, 0.6) is 0 Å². The number of nitrogens with one attached hydrogen (secondary N) is 1. The first-order chi connectivity index (χ1) is 7.37. The standard InChI is InChI=1S/C13H30N2O/c1-6-7-8-9-15(5)11-13(4,16)10-14-12(2)3/h12,14,16H,6-11H2,1-5H3. The average molecular weight is 230 g/mol. The van der Waals surface area contributed by atoms with Crippen molar-refractivity contribution in [2.75, 3.05) is 26.7 Å². The molecule has 0 aliphatic heterocycles. The smallest absolute Gasteiger partial charge is 0.0869 e. The van der Waals surface area contributed by atoms with Gasteiger partial charge in [0, 0.05) is 19.1 Å². The van der Waals surface area contributed by atoms with E-state index >= 15 is 0 Å². The van der Waals surface area contributed by atoms with E-state index in [1.807, 2.05) is 6.92 Å². The molecule has 16 heavy (non-hydrogen) atoms. The van der Waals surface area contributed by atoms with Crippen LogP contribution in [0.15, 0.2) is 0 Å². The first-order valence-corrected chi connectivity index (χ1v) is 6.51. The summed E-state index contributed by atoms with van der Waals surface area (Å²) in [4.78, 5) is 2.22. The van der Waals surface area contributed by atoms with Crippen LogP contribution in [0.4, 0.5) is 0 Å². The molecule has 0 saturated heterocycles. The Morgan fingerprint density at radius 3 is 2.44 bits per heavy atom. The van der Waals surface area contributed by atoms with E-state index in [0.717, 1.165) is 13.1 Å². The molecule has 3 heteroatoms. The predicted molar refractivity (Wildman–Crippen MR) is 70.8 cm³/mol. The van der Waals surface area contributed by atoms with Gasteiger partial charge in [-0.1, -0.05) is 33.6 Å². The lowest BCUT2D eigenvalue weighted by Crippen LogP contribution is -2.48. The maximum Gasteiger partial charge on any atom is 0.0869 e. The number of hydrogen-bond acceptors (Lipinski definition) is 3. The molecule has 0 aromatic heterocycles. The Kier molecular flexibility index (Phi) is 7.98. The van der Waals surface area contributed by atoms with Gasteiger partial charge in [-0.3, -0.25) is 0 Å². The molecule has 0 heterocycles. The number of hydrogen-bond donors (Lipinski definition) is 2. The molecule has 0 radical (unpaired) electrons. The summed E-state index contributed by atoms with van der Waals surface area (Å²) in [5, 5.41) is 13.5. The Bertz CT molecular complexity index is 169. The highest BCUT2D eigenvalue weighted by Crippen LogP contribution is 2.06. The Morgan fingerprint density at radius 1 is 1.31 bits per heavy atom. The van der Waals surface area contributed by atoms with Crippen LogP contribution in [0.3, 0.4) is 0 Å². The lowest BCUT2D eigenvalue weighted by molar-refractivity contribution is 0.0256. The van der Waals surface area contributed by atoms with Gasteiger partial charge in [0.2, 0.25) is 0 Å². The number of rotatable bonds is 9. The van der Waals surface area contributed by atoms with E-state index in [1.54, 1.807) is 0 Å².